The fraction of sp³-hybridized carbons (Fsp3) is 0.273. The number of hydrogen-bond donors (Lipinski definition) is 1. The molecule has 1 N–H and O–H groups in total. The van der Waals surface area contributed by atoms with Gasteiger partial charge in [-0.3, -0.25) is 9.78 Å². The Hall–Kier alpha value is -1.85. The van der Waals surface area contributed by atoms with Gasteiger partial charge < -0.3 is 5.32 Å². The molecule has 1 heterocycles. The molecule has 0 saturated heterocycles. The molecular formula is C11H11F3N2O. The second-order valence-corrected chi connectivity index (χ2v) is 3.40. The van der Waals surface area contributed by atoms with Crippen LogP contribution >= 0.6 is 0 Å². The quantitative estimate of drug-likeness (QED) is 0.828. The van der Waals surface area contributed by atoms with Crippen LogP contribution in [0.1, 0.15) is 12.5 Å². The van der Waals surface area contributed by atoms with Gasteiger partial charge in [0.1, 0.15) is 0 Å². The van der Waals surface area contributed by atoms with Crippen molar-refractivity contribution in [3.63, 3.8) is 0 Å². The third-order valence-electron chi connectivity index (χ3n) is 1.98. The van der Waals surface area contributed by atoms with Gasteiger partial charge in [0.25, 0.3) is 0 Å². The van der Waals surface area contributed by atoms with Crippen molar-refractivity contribution < 1.29 is 18.0 Å². The van der Waals surface area contributed by atoms with Gasteiger partial charge in [-0.25, -0.2) is 0 Å². The summed E-state index contributed by atoms with van der Waals surface area (Å²) in [7, 11) is 0. The van der Waals surface area contributed by atoms with Crippen molar-refractivity contribution in [2.45, 2.75) is 19.6 Å². The van der Waals surface area contributed by atoms with Crippen molar-refractivity contribution >= 4 is 5.91 Å². The number of alkyl halides is 3. The minimum absolute atomic E-state index is 0.147. The molecule has 1 rings (SSSR count). The normalized spacial score (nSPS) is 12.4. The van der Waals surface area contributed by atoms with Crippen LogP contribution in [0, 0.1) is 0 Å². The SMILES string of the molecule is CC(=CC(=O)NCc1cccnc1)C(F)(F)F. The summed E-state index contributed by atoms with van der Waals surface area (Å²) in [6.45, 7) is 0.998. The van der Waals surface area contributed by atoms with Crippen LogP contribution in [-0.4, -0.2) is 17.1 Å². The highest BCUT2D eigenvalue weighted by Gasteiger charge is 2.30. The summed E-state index contributed by atoms with van der Waals surface area (Å²) in [5, 5.41) is 2.35. The van der Waals surface area contributed by atoms with Crippen molar-refractivity contribution in [2.75, 3.05) is 0 Å². The standard InChI is InChI=1S/C11H11F3N2O/c1-8(11(12,13)14)5-10(17)16-7-9-3-2-4-15-6-9/h2-6H,7H2,1H3,(H,16,17). The zero-order chi connectivity index (χ0) is 12.9. The van der Waals surface area contributed by atoms with E-state index in [4.69, 9.17) is 0 Å². The second kappa shape index (κ2) is 5.47. The van der Waals surface area contributed by atoms with Crippen LogP contribution in [0.25, 0.3) is 0 Å². The zero-order valence-corrected chi connectivity index (χ0v) is 9.08. The summed E-state index contributed by atoms with van der Waals surface area (Å²) >= 11 is 0. The van der Waals surface area contributed by atoms with Crippen molar-refractivity contribution in [3.05, 3.63) is 41.7 Å². The fourth-order valence-corrected chi connectivity index (χ4v) is 1.02. The molecular weight excluding hydrogens is 233 g/mol. The summed E-state index contributed by atoms with van der Waals surface area (Å²) < 4.78 is 36.3. The number of nitrogens with zero attached hydrogens (tertiary/aromatic N) is 1. The Morgan fingerprint density at radius 2 is 2.24 bits per heavy atom. The third-order valence-corrected chi connectivity index (χ3v) is 1.98. The molecule has 92 valence electrons. The molecule has 0 spiro atoms. The topological polar surface area (TPSA) is 42.0 Å². The Morgan fingerprint density at radius 1 is 1.53 bits per heavy atom. The van der Waals surface area contributed by atoms with Crippen molar-refractivity contribution in [1.29, 1.82) is 0 Å². The molecule has 0 aromatic carbocycles. The summed E-state index contributed by atoms with van der Waals surface area (Å²) in [5.41, 5.74) is -0.208. The molecule has 1 aromatic rings. The van der Waals surface area contributed by atoms with Gasteiger partial charge in [0.05, 0.1) is 0 Å². The molecule has 0 saturated carbocycles. The average Bonchev–Trinajstić information content (AvgIpc) is 2.26. The van der Waals surface area contributed by atoms with E-state index in [1.165, 1.54) is 6.20 Å². The lowest BCUT2D eigenvalue weighted by atomic mass is 10.2. The van der Waals surface area contributed by atoms with Gasteiger partial charge in [0.2, 0.25) is 5.91 Å². The van der Waals surface area contributed by atoms with Crippen LogP contribution in [0.15, 0.2) is 36.2 Å². The maximum atomic E-state index is 12.1. The molecule has 0 bridgehead atoms. The lowest BCUT2D eigenvalue weighted by Crippen LogP contribution is -2.22. The lowest BCUT2D eigenvalue weighted by molar-refractivity contribution is -0.118. The first-order chi connectivity index (χ1) is 7.89. The molecule has 0 radical (unpaired) electrons. The van der Waals surface area contributed by atoms with Gasteiger partial charge in [-0.05, 0) is 18.6 Å². The highest BCUT2D eigenvalue weighted by molar-refractivity contribution is 5.88. The Morgan fingerprint density at radius 3 is 2.76 bits per heavy atom. The minimum atomic E-state index is -4.47. The summed E-state index contributed by atoms with van der Waals surface area (Å²) in [5.74, 6) is -0.774. The number of amides is 1. The van der Waals surface area contributed by atoms with Gasteiger partial charge in [-0.15, -0.1) is 0 Å². The summed E-state index contributed by atoms with van der Waals surface area (Å²) in [4.78, 5) is 15.0. The number of carbonyl (C=O) groups excluding carboxylic acids is 1. The molecule has 0 aliphatic heterocycles. The molecule has 3 nitrogen and oxygen atoms in total. The largest absolute Gasteiger partial charge is 0.412 e. The molecule has 17 heavy (non-hydrogen) atoms. The van der Waals surface area contributed by atoms with Crippen LogP contribution in [0.5, 0.6) is 0 Å². The molecule has 1 aromatic heterocycles. The van der Waals surface area contributed by atoms with E-state index < -0.39 is 17.7 Å². The first-order valence-corrected chi connectivity index (χ1v) is 4.82. The smallest absolute Gasteiger partial charge is 0.348 e. The number of carbonyl (C=O) groups is 1. The molecule has 0 aliphatic carbocycles. The molecule has 0 atom stereocenters. The van der Waals surface area contributed by atoms with E-state index in [0.717, 1.165) is 12.5 Å². The lowest BCUT2D eigenvalue weighted by Gasteiger charge is -2.06. The average molecular weight is 244 g/mol. The zero-order valence-electron chi connectivity index (χ0n) is 9.08. The van der Waals surface area contributed by atoms with Gasteiger partial charge in [-0.2, -0.15) is 13.2 Å². The van der Waals surface area contributed by atoms with Crippen LogP contribution in [0.2, 0.25) is 0 Å². The maximum Gasteiger partial charge on any atom is 0.412 e. The van der Waals surface area contributed by atoms with Crippen LogP contribution in [0.3, 0.4) is 0 Å². The van der Waals surface area contributed by atoms with Crippen molar-refractivity contribution in [2.24, 2.45) is 0 Å². The van der Waals surface area contributed by atoms with Crippen molar-refractivity contribution in [3.8, 4) is 0 Å². The number of halogens is 3. The molecule has 6 heteroatoms. The van der Waals surface area contributed by atoms with Gasteiger partial charge in [0.15, 0.2) is 0 Å². The van der Waals surface area contributed by atoms with E-state index in [2.05, 4.69) is 10.3 Å². The number of nitrogens with one attached hydrogen (secondary N) is 1. The Kier molecular flexibility index (Phi) is 4.25. The van der Waals surface area contributed by atoms with E-state index in [1.807, 2.05) is 0 Å². The Balaban J connectivity index is 2.52. The highest BCUT2D eigenvalue weighted by atomic mass is 19.4. The Labute approximate surface area is 96.4 Å². The van der Waals surface area contributed by atoms with Gasteiger partial charge >= 0.3 is 6.18 Å². The molecule has 0 fully saturated rings. The monoisotopic (exact) mass is 244 g/mol. The number of hydrogen-bond acceptors (Lipinski definition) is 2. The van der Waals surface area contributed by atoms with E-state index in [9.17, 15) is 18.0 Å². The molecule has 0 unspecified atom stereocenters. The van der Waals surface area contributed by atoms with E-state index in [-0.39, 0.29) is 6.54 Å². The highest BCUT2D eigenvalue weighted by Crippen LogP contribution is 2.24. The van der Waals surface area contributed by atoms with E-state index >= 15 is 0 Å². The summed E-state index contributed by atoms with van der Waals surface area (Å²) in [6.07, 6.45) is -0.832. The van der Waals surface area contributed by atoms with Crippen LogP contribution in [0.4, 0.5) is 13.2 Å². The minimum Gasteiger partial charge on any atom is -0.348 e. The first-order valence-electron chi connectivity index (χ1n) is 4.82. The first kappa shape index (κ1) is 13.2. The number of pyridine rings is 1. The summed E-state index contributed by atoms with van der Waals surface area (Å²) in [6, 6.07) is 3.39. The second-order valence-electron chi connectivity index (χ2n) is 3.40. The van der Waals surface area contributed by atoms with Crippen molar-refractivity contribution in [1.82, 2.24) is 10.3 Å². The molecule has 1 amide bonds. The fourth-order valence-electron chi connectivity index (χ4n) is 1.02. The number of aromatic nitrogens is 1. The van der Waals surface area contributed by atoms with E-state index in [1.54, 1.807) is 18.3 Å². The molecule has 0 aliphatic rings. The van der Waals surface area contributed by atoms with E-state index in [0.29, 0.717) is 6.08 Å². The third kappa shape index (κ3) is 4.67. The van der Waals surface area contributed by atoms with Gasteiger partial charge in [0, 0.05) is 30.6 Å². The predicted octanol–water partition coefficient (Wildman–Crippen LogP) is 2.21. The van der Waals surface area contributed by atoms with Crippen LogP contribution in [-0.2, 0) is 11.3 Å². The maximum absolute atomic E-state index is 12.1. The number of allylic oxidation sites excluding steroid dienone is 1. The van der Waals surface area contributed by atoms with Crippen LogP contribution < -0.4 is 5.32 Å². The number of rotatable bonds is 3. The predicted molar refractivity (Wildman–Crippen MR) is 55.9 cm³/mol. The van der Waals surface area contributed by atoms with Gasteiger partial charge in [-0.1, -0.05) is 6.07 Å². The Bertz CT molecular complexity index is 412.